The summed E-state index contributed by atoms with van der Waals surface area (Å²) >= 11 is 1.16. The maximum absolute atomic E-state index is 16.4. The lowest BCUT2D eigenvalue weighted by Gasteiger charge is -2.36. The number of carbonyl (C=O) groups is 1. The Labute approximate surface area is 302 Å². The summed E-state index contributed by atoms with van der Waals surface area (Å²) in [6.07, 6.45) is 2.92. The van der Waals surface area contributed by atoms with E-state index in [0.29, 0.717) is 28.2 Å². The van der Waals surface area contributed by atoms with Crippen LogP contribution in [0.1, 0.15) is 50.2 Å². The van der Waals surface area contributed by atoms with Gasteiger partial charge in [-0.2, -0.15) is 10.2 Å². The van der Waals surface area contributed by atoms with Crippen LogP contribution in [0.4, 0.5) is 13.2 Å². The molecule has 2 aliphatic rings. The van der Waals surface area contributed by atoms with E-state index in [1.807, 2.05) is 56.8 Å². The van der Waals surface area contributed by atoms with E-state index in [0.717, 1.165) is 58.6 Å². The van der Waals surface area contributed by atoms with Gasteiger partial charge in [-0.3, -0.25) is 14.2 Å². The Kier molecular flexibility index (Phi) is 8.45. The molecule has 0 radical (unpaired) electrons. The second-order valence-corrected chi connectivity index (χ2v) is 14.7. The van der Waals surface area contributed by atoms with Gasteiger partial charge in [0.05, 0.1) is 57.7 Å². The van der Waals surface area contributed by atoms with Crippen molar-refractivity contribution in [1.29, 1.82) is 0 Å². The number of benzene rings is 2. The van der Waals surface area contributed by atoms with E-state index in [9.17, 15) is 9.18 Å². The van der Waals surface area contributed by atoms with Crippen molar-refractivity contribution in [3.05, 3.63) is 83.3 Å². The van der Waals surface area contributed by atoms with Gasteiger partial charge in [-0.1, -0.05) is 18.7 Å². The summed E-state index contributed by atoms with van der Waals surface area (Å²) in [5, 5.41) is 12.0. The van der Waals surface area contributed by atoms with Crippen molar-refractivity contribution in [2.45, 2.75) is 51.8 Å². The van der Waals surface area contributed by atoms with Crippen molar-refractivity contribution >= 4 is 38.2 Å². The van der Waals surface area contributed by atoms with Crippen molar-refractivity contribution < 1.29 is 27.4 Å². The molecule has 268 valence electrons. The smallest absolute Gasteiger partial charge is 0.246 e. The first-order valence-corrected chi connectivity index (χ1v) is 18.1. The molecule has 9 nitrogen and oxygen atoms in total. The zero-order valence-electron chi connectivity index (χ0n) is 29.4. The zero-order valence-corrected chi connectivity index (χ0v) is 30.2. The maximum Gasteiger partial charge on any atom is 0.246 e. The van der Waals surface area contributed by atoms with E-state index in [4.69, 9.17) is 19.6 Å². The van der Waals surface area contributed by atoms with Crippen LogP contribution in [-0.4, -0.2) is 61.7 Å². The largest absolute Gasteiger partial charge is 0.492 e. The number of ether oxygens (including phenoxy) is 2. The number of carbonyl (C=O) groups excluding carboxylic acids is 1. The summed E-state index contributed by atoms with van der Waals surface area (Å²) in [6.45, 7) is 10.0. The van der Waals surface area contributed by atoms with Gasteiger partial charge in [0.2, 0.25) is 5.91 Å². The lowest BCUT2D eigenvalue weighted by molar-refractivity contribution is -0.129. The second kappa shape index (κ2) is 12.9. The standard InChI is InChI=1S/C39H37F3N6O3S/c1-7-33(49)47-16-19(2)48-30(21(47)4)15-29(45-48)38-36(34-27(41)13-24(40)14-32(34)51-17-22-10-25(11-22)50-6)35-28(42)18-52-39(35)37(43-38)23-8-9-26-20(3)44-46(5)31(26)12-23/h7-9,12-15,18-19,21-22,25H,1,10-11,16-17H2,2-6H3/t19-,21+,22?,25?/m0/s1. The number of fused-ring (bicyclic) bond motifs is 3. The SMILES string of the molecule is C=CC(=O)N1C[C@H](C)n2nc(-c3nc(-c4ccc5c(C)nn(C)c5c4)c4scc(F)c4c3-c3c(F)cc(F)cc3OCC3CC(OC)C3)cc2[C@H]1C. The Morgan fingerprint density at radius 1 is 1.06 bits per heavy atom. The number of hydrogen-bond acceptors (Lipinski definition) is 7. The molecule has 1 aliphatic carbocycles. The third-order valence-corrected chi connectivity index (χ3v) is 11.4. The van der Waals surface area contributed by atoms with Crippen LogP contribution in [0.15, 0.2) is 54.4 Å². The molecule has 6 aromatic rings. The van der Waals surface area contributed by atoms with E-state index < -0.39 is 17.5 Å². The van der Waals surface area contributed by atoms with Crippen molar-refractivity contribution in [3.63, 3.8) is 0 Å². The molecule has 4 aromatic heterocycles. The molecule has 5 heterocycles. The first kappa shape index (κ1) is 34.1. The minimum Gasteiger partial charge on any atom is -0.492 e. The third kappa shape index (κ3) is 5.48. The van der Waals surface area contributed by atoms with Crippen molar-refractivity contribution in [2.24, 2.45) is 13.0 Å². The van der Waals surface area contributed by atoms with Crippen molar-refractivity contribution in [3.8, 4) is 39.5 Å². The minimum atomic E-state index is -0.915. The van der Waals surface area contributed by atoms with Crippen molar-refractivity contribution in [2.75, 3.05) is 20.3 Å². The number of thiophene rings is 1. The first-order chi connectivity index (χ1) is 25.0. The first-order valence-electron chi connectivity index (χ1n) is 17.2. The van der Waals surface area contributed by atoms with Gasteiger partial charge in [-0.05, 0) is 57.7 Å². The summed E-state index contributed by atoms with van der Waals surface area (Å²) in [7, 11) is 3.51. The highest BCUT2D eigenvalue weighted by Crippen LogP contribution is 2.49. The van der Waals surface area contributed by atoms with Gasteiger partial charge in [0.25, 0.3) is 0 Å². The number of amides is 1. The lowest BCUT2D eigenvalue weighted by atomic mass is 9.83. The molecule has 2 atom stereocenters. The Balaban J connectivity index is 1.39. The van der Waals surface area contributed by atoms with E-state index >= 15 is 8.78 Å². The van der Waals surface area contributed by atoms with Gasteiger partial charge in [-0.25, -0.2) is 18.2 Å². The predicted octanol–water partition coefficient (Wildman–Crippen LogP) is 8.56. The van der Waals surface area contributed by atoms with Crippen LogP contribution in [0.25, 0.3) is 54.8 Å². The molecular weight excluding hydrogens is 690 g/mol. The molecule has 52 heavy (non-hydrogen) atoms. The van der Waals surface area contributed by atoms with Gasteiger partial charge in [0.1, 0.15) is 34.6 Å². The average Bonchev–Trinajstić information content (AvgIpc) is 3.80. The molecule has 0 N–H and O–H groups in total. The summed E-state index contributed by atoms with van der Waals surface area (Å²) < 4.78 is 63.4. The van der Waals surface area contributed by atoms with Crippen LogP contribution in [0, 0.1) is 30.3 Å². The fourth-order valence-electron chi connectivity index (χ4n) is 7.68. The lowest BCUT2D eigenvalue weighted by Crippen LogP contribution is -2.42. The van der Waals surface area contributed by atoms with Gasteiger partial charge in [0, 0.05) is 60.1 Å². The van der Waals surface area contributed by atoms with E-state index in [1.54, 1.807) is 16.7 Å². The molecule has 1 amide bonds. The second-order valence-electron chi connectivity index (χ2n) is 13.8. The number of methoxy groups -OCH3 is 1. The fourth-order valence-corrected chi connectivity index (χ4v) is 8.61. The number of aryl methyl sites for hydroxylation is 2. The van der Waals surface area contributed by atoms with Crippen molar-refractivity contribution in [1.82, 2.24) is 29.4 Å². The van der Waals surface area contributed by atoms with Crippen LogP contribution < -0.4 is 4.74 Å². The predicted molar refractivity (Wildman–Crippen MR) is 195 cm³/mol. The normalized spacial score (nSPS) is 20.0. The third-order valence-electron chi connectivity index (χ3n) is 10.5. The van der Waals surface area contributed by atoms with Gasteiger partial charge in [-0.15, -0.1) is 11.3 Å². The average molecular weight is 727 g/mol. The summed E-state index contributed by atoms with van der Waals surface area (Å²) in [5.41, 5.74) is 4.20. The molecule has 2 aromatic carbocycles. The van der Waals surface area contributed by atoms with E-state index in [2.05, 4.69) is 11.7 Å². The Hall–Kier alpha value is -5.01. The number of rotatable bonds is 8. The molecule has 1 fully saturated rings. The minimum absolute atomic E-state index is 0.0543. The summed E-state index contributed by atoms with van der Waals surface area (Å²) in [5.74, 6) is -2.45. The quantitative estimate of drug-likeness (QED) is 0.146. The maximum atomic E-state index is 16.4. The van der Waals surface area contributed by atoms with E-state index in [-0.39, 0.29) is 64.6 Å². The molecule has 13 heteroatoms. The number of aromatic nitrogens is 5. The van der Waals surface area contributed by atoms with Gasteiger partial charge in [0.15, 0.2) is 0 Å². The van der Waals surface area contributed by atoms with Crippen LogP contribution in [0.3, 0.4) is 0 Å². The molecule has 1 aliphatic heterocycles. The Morgan fingerprint density at radius 2 is 1.85 bits per heavy atom. The molecular formula is C39H37F3N6O3S. The number of nitrogens with zero attached hydrogens (tertiary/aromatic N) is 6. The molecule has 0 saturated heterocycles. The molecule has 8 rings (SSSR count). The van der Waals surface area contributed by atoms with Crippen LogP contribution in [0.2, 0.25) is 0 Å². The Morgan fingerprint density at radius 3 is 2.60 bits per heavy atom. The van der Waals surface area contributed by atoms with Crippen LogP contribution >= 0.6 is 11.3 Å². The molecule has 0 spiro atoms. The summed E-state index contributed by atoms with van der Waals surface area (Å²) in [6, 6.07) is 8.97. The molecule has 1 saturated carbocycles. The fraction of sp³-hybridized carbons (Fsp3) is 0.333. The van der Waals surface area contributed by atoms with Crippen LogP contribution in [-0.2, 0) is 16.6 Å². The number of hydrogen-bond donors (Lipinski definition) is 0. The molecule has 0 bridgehead atoms. The van der Waals surface area contributed by atoms with E-state index in [1.165, 1.54) is 11.5 Å². The summed E-state index contributed by atoms with van der Waals surface area (Å²) in [4.78, 5) is 19.7. The number of halogens is 3. The highest BCUT2D eigenvalue weighted by Gasteiger charge is 2.35. The van der Waals surface area contributed by atoms with Gasteiger partial charge >= 0.3 is 0 Å². The van der Waals surface area contributed by atoms with Crippen LogP contribution in [0.5, 0.6) is 5.75 Å². The van der Waals surface area contributed by atoms with Gasteiger partial charge < -0.3 is 14.4 Å². The highest BCUT2D eigenvalue weighted by atomic mass is 32.1. The zero-order chi connectivity index (χ0) is 36.6. The molecule has 0 unspecified atom stereocenters. The monoisotopic (exact) mass is 726 g/mol. The number of pyridine rings is 1. The Bertz CT molecular complexity index is 2410. The topological polar surface area (TPSA) is 87.3 Å². The highest BCUT2D eigenvalue weighted by molar-refractivity contribution is 7.17.